The van der Waals surface area contributed by atoms with Gasteiger partial charge >= 0.3 is 6.09 Å². The number of nitrogens with zero attached hydrogens (tertiary/aromatic N) is 2. The predicted molar refractivity (Wildman–Crippen MR) is 103 cm³/mol. The SMILES string of the molecule is CC[C@H](C)[C@H](NC(=O)OCc1ccccc1)C(=O)NCCCn1ccnc1. The van der Waals surface area contributed by atoms with E-state index in [0.29, 0.717) is 6.54 Å². The van der Waals surface area contributed by atoms with Gasteiger partial charge in [0.25, 0.3) is 0 Å². The standard InChI is InChI=1S/C20H28N4O3/c1-3-16(2)18(19(25)22-10-7-12-24-13-11-21-15-24)23-20(26)27-14-17-8-5-4-6-9-17/h4-6,8-9,11,13,15-16,18H,3,7,10,12,14H2,1-2H3,(H,22,25)(H,23,26)/t16-,18-/m0/s1. The van der Waals surface area contributed by atoms with E-state index in [4.69, 9.17) is 4.74 Å². The van der Waals surface area contributed by atoms with Crippen molar-refractivity contribution in [3.05, 3.63) is 54.6 Å². The van der Waals surface area contributed by atoms with Gasteiger partial charge in [0.1, 0.15) is 12.6 Å². The van der Waals surface area contributed by atoms with E-state index in [1.807, 2.05) is 54.9 Å². The molecule has 146 valence electrons. The van der Waals surface area contributed by atoms with Crippen LogP contribution in [0.3, 0.4) is 0 Å². The van der Waals surface area contributed by atoms with Gasteiger partial charge in [0.2, 0.25) is 5.91 Å². The predicted octanol–water partition coefficient (Wildman–Crippen LogP) is 2.73. The summed E-state index contributed by atoms with van der Waals surface area (Å²) in [5.74, 6) is -0.186. The third kappa shape index (κ3) is 7.13. The van der Waals surface area contributed by atoms with Crippen molar-refractivity contribution in [2.24, 2.45) is 5.92 Å². The quantitative estimate of drug-likeness (QED) is 0.628. The van der Waals surface area contributed by atoms with E-state index in [-0.39, 0.29) is 18.4 Å². The smallest absolute Gasteiger partial charge is 0.408 e. The highest BCUT2D eigenvalue weighted by atomic mass is 16.5. The molecule has 0 bridgehead atoms. The first-order chi connectivity index (χ1) is 13.1. The Morgan fingerprint density at radius 1 is 1.26 bits per heavy atom. The molecule has 0 saturated heterocycles. The van der Waals surface area contributed by atoms with Crippen molar-refractivity contribution in [1.82, 2.24) is 20.2 Å². The Bertz CT molecular complexity index is 689. The molecule has 0 unspecified atom stereocenters. The summed E-state index contributed by atoms with van der Waals surface area (Å²) in [5.41, 5.74) is 0.900. The molecule has 2 aromatic rings. The first-order valence-corrected chi connectivity index (χ1v) is 9.30. The van der Waals surface area contributed by atoms with Crippen LogP contribution in [0.4, 0.5) is 4.79 Å². The maximum Gasteiger partial charge on any atom is 0.408 e. The minimum absolute atomic E-state index is 0.00271. The Morgan fingerprint density at radius 2 is 2.04 bits per heavy atom. The van der Waals surface area contributed by atoms with Gasteiger partial charge in [-0.15, -0.1) is 0 Å². The van der Waals surface area contributed by atoms with Gasteiger partial charge in [-0.3, -0.25) is 4.79 Å². The summed E-state index contributed by atoms with van der Waals surface area (Å²) >= 11 is 0. The molecule has 2 amide bonds. The number of alkyl carbamates (subject to hydrolysis) is 1. The molecule has 0 saturated carbocycles. The van der Waals surface area contributed by atoms with Crippen LogP contribution in [0.25, 0.3) is 0 Å². The average molecular weight is 372 g/mol. The number of imidazole rings is 1. The molecule has 1 heterocycles. The van der Waals surface area contributed by atoms with Crippen molar-refractivity contribution >= 4 is 12.0 Å². The highest BCUT2D eigenvalue weighted by molar-refractivity contribution is 5.85. The average Bonchev–Trinajstić information content (AvgIpc) is 3.21. The zero-order valence-electron chi connectivity index (χ0n) is 15.9. The summed E-state index contributed by atoms with van der Waals surface area (Å²) in [5, 5.41) is 5.60. The van der Waals surface area contributed by atoms with E-state index in [9.17, 15) is 9.59 Å². The Kier molecular flexibility index (Phi) is 8.35. The van der Waals surface area contributed by atoms with Gasteiger partial charge in [0.05, 0.1) is 6.33 Å². The first kappa shape index (κ1) is 20.5. The van der Waals surface area contributed by atoms with Crippen molar-refractivity contribution in [2.75, 3.05) is 6.54 Å². The number of carbonyl (C=O) groups excluding carboxylic acids is 2. The lowest BCUT2D eigenvalue weighted by atomic mass is 9.98. The number of rotatable bonds is 10. The topological polar surface area (TPSA) is 85.2 Å². The number of nitrogens with one attached hydrogen (secondary N) is 2. The van der Waals surface area contributed by atoms with Crippen LogP contribution >= 0.6 is 0 Å². The fourth-order valence-corrected chi connectivity index (χ4v) is 2.60. The van der Waals surface area contributed by atoms with Crippen LogP contribution < -0.4 is 10.6 Å². The van der Waals surface area contributed by atoms with E-state index in [2.05, 4.69) is 15.6 Å². The fourth-order valence-electron chi connectivity index (χ4n) is 2.60. The zero-order valence-corrected chi connectivity index (χ0v) is 15.9. The Morgan fingerprint density at radius 3 is 2.70 bits per heavy atom. The molecule has 0 fully saturated rings. The maximum atomic E-state index is 12.5. The van der Waals surface area contributed by atoms with Crippen LogP contribution in [0.1, 0.15) is 32.3 Å². The number of hydrogen-bond donors (Lipinski definition) is 2. The van der Waals surface area contributed by atoms with Crippen LogP contribution in [-0.2, 0) is 22.7 Å². The minimum atomic E-state index is -0.619. The van der Waals surface area contributed by atoms with Gasteiger partial charge in [-0.2, -0.15) is 0 Å². The van der Waals surface area contributed by atoms with Crippen molar-refractivity contribution in [3.8, 4) is 0 Å². The van der Waals surface area contributed by atoms with Crippen LogP contribution in [-0.4, -0.2) is 34.1 Å². The van der Waals surface area contributed by atoms with Gasteiger partial charge in [-0.1, -0.05) is 50.6 Å². The van der Waals surface area contributed by atoms with Crippen LogP contribution in [0.2, 0.25) is 0 Å². The van der Waals surface area contributed by atoms with Gasteiger partial charge in [-0.05, 0) is 17.9 Å². The second kappa shape index (κ2) is 11.0. The minimum Gasteiger partial charge on any atom is -0.445 e. The molecular weight excluding hydrogens is 344 g/mol. The number of benzene rings is 1. The molecular formula is C20H28N4O3. The third-order valence-corrected chi connectivity index (χ3v) is 4.43. The molecule has 1 aromatic heterocycles. The highest BCUT2D eigenvalue weighted by Gasteiger charge is 2.26. The van der Waals surface area contributed by atoms with E-state index < -0.39 is 12.1 Å². The lowest BCUT2D eigenvalue weighted by molar-refractivity contribution is -0.124. The van der Waals surface area contributed by atoms with E-state index >= 15 is 0 Å². The molecule has 0 spiro atoms. The normalized spacial score (nSPS) is 12.8. The number of hydrogen-bond acceptors (Lipinski definition) is 4. The summed E-state index contributed by atoms with van der Waals surface area (Å²) in [6, 6.07) is 8.82. The van der Waals surface area contributed by atoms with Crippen molar-refractivity contribution in [3.63, 3.8) is 0 Å². The van der Waals surface area contributed by atoms with Crippen LogP contribution in [0.5, 0.6) is 0 Å². The summed E-state index contributed by atoms with van der Waals surface area (Å²) < 4.78 is 7.19. The Labute approximate surface area is 160 Å². The number of aryl methyl sites for hydroxylation is 1. The van der Waals surface area contributed by atoms with Gasteiger partial charge < -0.3 is 19.9 Å². The number of ether oxygens (including phenoxy) is 1. The summed E-state index contributed by atoms with van der Waals surface area (Å²) in [6.45, 7) is 5.41. The molecule has 0 radical (unpaired) electrons. The fraction of sp³-hybridized carbons (Fsp3) is 0.450. The second-order valence-corrected chi connectivity index (χ2v) is 6.51. The molecule has 2 rings (SSSR count). The first-order valence-electron chi connectivity index (χ1n) is 9.30. The highest BCUT2D eigenvalue weighted by Crippen LogP contribution is 2.09. The molecule has 7 nitrogen and oxygen atoms in total. The Hall–Kier alpha value is -2.83. The zero-order chi connectivity index (χ0) is 19.5. The van der Waals surface area contributed by atoms with E-state index in [1.54, 1.807) is 12.5 Å². The molecule has 7 heteroatoms. The molecule has 0 aliphatic heterocycles. The number of aromatic nitrogens is 2. The molecule has 2 atom stereocenters. The summed E-state index contributed by atoms with van der Waals surface area (Å²) in [7, 11) is 0. The third-order valence-electron chi connectivity index (χ3n) is 4.43. The van der Waals surface area contributed by atoms with Gasteiger partial charge in [0.15, 0.2) is 0 Å². The molecule has 27 heavy (non-hydrogen) atoms. The monoisotopic (exact) mass is 372 g/mol. The van der Waals surface area contributed by atoms with Crippen molar-refractivity contribution in [2.45, 2.75) is 45.9 Å². The van der Waals surface area contributed by atoms with Gasteiger partial charge in [0, 0.05) is 25.5 Å². The molecule has 0 aliphatic carbocycles. The van der Waals surface area contributed by atoms with E-state index in [1.165, 1.54) is 0 Å². The largest absolute Gasteiger partial charge is 0.445 e. The summed E-state index contributed by atoms with van der Waals surface area (Å²) in [4.78, 5) is 28.6. The van der Waals surface area contributed by atoms with Crippen LogP contribution in [0, 0.1) is 5.92 Å². The molecule has 2 N–H and O–H groups in total. The second-order valence-electron chi connectivity index (χ2n) is 6.51. The molecule has 1 aromatic carbocycles. The summed E-state index contributed by atoms with van der Waals surface area (Å²) in [6.07, 6.45) is 6.32. The Balaban J connectivity index is 1.78. The lowest BCUT2D eigenvalue weighted by Crippen LogP contribution is -2.50. The van der Waals surface area contributed by atoms with Crippen molar-refractivity contribution < 1.29 is 14.3 Å². The van der Waals surface area contributed by atoms with Crippen LogP contribution in [0.15, 0.2) is 49.1 Å². The number of carbonyl (C=O) groups is 2. The van der Waals surface area contributed by atoms with Crippen molar-refractivity contribution in [1.29, 1.82) is 0 Å². The van der Waals surface area contributed by atoms with Gasteiger partial charge in [-0.25, -0.2) is 9.78 Å². The molecule has 0 aliphatic rings. The van der Waals surface area contributed by atoms with E-state index in [0.717, 1.165) is 24.9 Å². The maximum absolute atomic E-state index is 12.5. The number of amides is 2. The lowest BCUT2D eigenvalue weighted by Gasteiger charge is -2.23.